The smallest absolute Gasteiger partial charge is 0.256 e. The van der Waals surface area contributed by atoms with Gasteiger partial charge in [-0.05, 0) is 42.5 Å². The fourth-order valence-electron chi connectivity index (χ4n) is 3.81. The van der Waals surface area contributed by atoms with Crippen LogP contribution in [0.2, 0.25) is 5.02 Å². The maximum absolute atomic E-state index is 12.5. The van der Waals surface area contributed by atoms with Crippen molar-refractivity contribution in [2.45, 2.75) is 6.54 Å². The van der Waals surface area contributed by atoms with E-state index in [-0.39, 0.29) is 5.91 Å². The van der Waals surface area contributed by atoms with Crippen molar-refractivity contribution in [3.63, 3.8) is 0 Å². The van der Waals surface area contributed by atoms with Crippen molar-refractivity contribution in [1.29, 1.82) is 0 Å². The number of amides is 1. The number of aromatic nitrogens is 1. The van der Waals surface area contributed by atoms with Crippen molar-refractivity contribution in [2.75, 3.05) is 11.9 Å². The predicted octanol–water partition coefficient (Wildman–Crippen LogP) is 5.87. The molecule has 1 aliphatic rings. The Morgan fingerprint density at radius 3 is 2.60 bits per heavy atom. The molecular formula is C25H19ClN2O2. The van der Waals surface area contributed by atoms with Crippen LogP contribution in [-0.4, -0.2) is 17.1 Å². The lowest BCUT2D eigenvalue weighted by atomic mass is 10.0. The molecule has 1 N–H and O–H groups in total. The number of anilines is 1. The molecule has 0 bridgehead atoms. The van der Waals surface area contributed by atoms with Gasteiger partial charge in [-0.1, -0.05) is 48.0 Å². The van der Waals surface area contributed by atoms with E-state index < -0.39 is 0 Å². The molecule has 148 valence electrons. The molecule has 0 aliphatic carbocycles. The van der Waals surface area contributed by atoms with Crippen LogP contribution >= 0.6 is 11.6 Å². The molecule has 2 heterocycles. The van der Waals surface area contributed by atoms with Gasteiger partial charge in [-0.25, -0.2) is 0 Å². The molecule has 0 spiro atoms. The van der Waals surface area contributed by atoms with Crippen molar-refractivity contribution < 1.29 is 9.53 Å². The summed E-state index contributed by atoms with van der Waals surface area (Å²) in [4.78, 5) is 12.5. The molecule has 3 aromatic carbocycles. The molecule has 4 aromatic rings. The monoisotopic (exact) mass is 414 g/mol. The second kappa shape index (κ2) is 7.73. The normalized spacial score (nSPS) is 14.2. The molecule has 0 atom stereocenters. The first-order valence-electron chi connectivity index (χ1n) is 9.78. The third kappa shape index (κ3) is 3.46. The van der Waals surface area contributed by atoms with Gasteiger partial charge in [-0.15, -0.1) is 0 Å². The van der Waals surface area contributed by atoms with Crippen LogP contribution in [0.15, 0.2) is 79.0 Å². The molecule has 5 heteroatoms. The average molecular weight is 415 g/mol. The van der Waals surface area contributed by atoms with Crippen LogP contribution < -0.4 is 10.1 Å². The van der Waals surface area contributed by atoms with Crippen molar-refractivity contribution in [2.24, 2.45) is 0 Å². The highest BCUT2D eigenvalue weighted by Crippen LogP contribution is 2.34. The van der Waals surface area contributed by atoms with Crippen molar-refractivity contribution >= 4 is 45.7 Å². The summed E-state index contributed by atoms with van der Waals surface area (Å²) in [6.45, 7) is 1.22. The van der Waals surface area contributed by atoms with Crippen molar-refractivity contribution in [1.82, 2.24) is 4.57 Å². The summed E-state index contributed by atoms with van der Waals surface area (Å²) in [6.07, 6.45) is 4.05. The highest BCUT2D eigenvalue weighted by Gasteiger charge is 2.23. The summed E-state index contributed by atoms with van der Waals surface area (Å²) in [6, 6.07) is 23.3. The first-order chi connectivity index (χ1) is 14.7. The van der Waals surface area contributed by atoms with E-state index in [2.05, 4.69) is 28.2 Å². The first kappa shape index (κ1) is 18.5. The second-order valence-corrected chi connectivity index (χ2v) is 7.59. The van der Waals surface area contributed by atoms with Crippen LogP contribution in [0, 0.1) is 0 Å². The lowest BCUT2D eigenvalue weighted by Crippen LogP contribution is -2.07. The van der Waals surface area contributed by atoms with Gasteiger partial charge in [0.25, 0.3) is 5.91 Å². The minimum absolute atomic E-state index is 0.0703. The number of benzene rings is 3. The summed E-state index contributed by atoms with van der Waals surface area (Å²) in [5.74, 6) is 0.719. The summed E-state index contributed by atoms with van der Waals surface area (Å²) < 4.78 is 8.02. The summed E-state index contributed by atoms with van der Waals surface area (Å²) in [5, 5.41) is 4.73. The molecular weight excluding hydrogens is 396 g/mol. The Bertz CT molecular complexity index is 1270. The van der Waals surface area contributed by atoms with Crippen LogP contribution in [0.25, 0.3) is 22.6 Å². The van der Waals surface area contributed by atoms with E-state index in [1.807, 2.05) is 66.7 Å². The predicted molar refractivity (Wildman–Crippen MR) is 122 cm³/mol. The van der Waals surface area contributed by atoms with E-state index in [4.69, 9.17) is 16.3 Å². The van der Waals surface area contributed by atoms with E-state index in [9.17, 15) is 4.79 Å². The Labute approximate surface area is 179 Å². The number of halogens is 1. The third-order valence-corrected chi connectivity index (χ3v) is 5.50. The maximum Gasteiger partial charge on any atom is 0.256 e. The van der Waals surface area contributed by atoms with Crippen LogP contribution in [0.5, 0.6) is 5.75 Å². The molecule has 1 aromatic heterocycles. The topological polar surface area (TPSA) is 43.3 Å². The minimum atomic E-state index is -0.0703. The summed E-state index contributed by atoms with van der Waals surface area (Å²) >= 11 is 5.93. The van der Waals surface area contributed by atoms with Crippen LogP contribution in [0.4, 0.5) is 5.69 Å². The van der Waals surface area contributed by atoms with Gasteiger partial charge in [-0.3, -0.25) is 4.79 Å². The lowest BCUT2D eigenvalue weighted by Gasteiger charge is -2.08. The first-order valence-corrected chi connectivity index (χ1v) is 10.2. The number of ether oxygens (including phenoxy) is 1. The molecule has 30 heavy (non-hydrogen) atoms. The molecule has 0 saturated heterocycles. The Morgan fingerprint density at radius 2 is 1.73 bits per heavy atom. The summed E-state index contributed by atoms with van der Waals surface area (Å²) in [5.41, 5.74) is 4.60. The number of fused-ring (bicyclic) bond motifs is 2. The quantitative estimate of drug-likeness (QED) is 0.415. The van der Waals surface area contributed by atoms with Crippen LogP contribution in [-0.2, 0) is 11.3 Å². The van der Waals surface area contributed by atoms with Gasteiger partial charge in [-0.2, -0.15) is 0 Å². The maximum atomic E-state index is 12.5. The van der Waals surface area contributed by atoms with E-state index in [0.717, 1.165) is 33.5 Å². The number of carbonyl (C=O) groups is 1. The number of carbonyl (C=O) groups excluding carboxylic acids is 1. The Morgan fingerprint density at radius 1 is 0.967 bits per heavy atom. The van der Waals surface area contributed by atoms with Crippen molar-refractivity contribution in [3.05, 3.63) is 95.1 Å². The van der Waals surface area contributed by atoms with Gasteiger partial charge in [0.1, 0.15) is 12.4 Å². The zero-order valence-corrected chi connectivity index (χ0v) is 16.9. The molecule has 0 radical (unpaired) electrons. The van der Waals surface area contributed by atoms with Crippen LogP contribution in [0.1, 0.15) is 11.1 Å². The Balaban J connectivity index is 1.44. The lowest BCUT2D eigenvalue weighted by molar-refractivity contribution is -0.110. The molecule has 0 saturated carbocycles. The van der Waals surface area contributed by atoms with Gasteiger partial charge in [0.2, 0.25) is 0 Å². The largest absolute Gasteiger partial charge is 0.492 e. The average Bonchev–Trinajstić information content (AvgIpc) is 3.27. The fourth-order valence-corrected chi connectivity index (χ4v) is 3.93. The minimum Gasteiger partial charge on any atom is -0.492 e. The number of hydrogen-bond donors (Lipinski definition) is 1. The standard InChI is InChI=1S/C25H19ClN2O2/c26-18-9-11-19(12-10-18)30-14-13-28-16-17(20-5-2-4-8-24(20)28)15-22-21-6-1-3-7-23(21)27-25(22)29/h1-12,15-16H,13-14H2,(H,27,29)/b22-15+. The van der Waals surface area contributed by atoms with Crippen molar-refractivity contribution in [3.8, 4) is 5.75 Å². The Hall–Kier alpha value is -3.50. The van der Waals surface area contributed by atoms with Gasteiger partial charge in [0.05, 0.1) is 6.54 Å². The molecule has 0 fully saturated rings. The Kier molecular flexibility index (Phi) is 4.77. The van der Waals surface area contributed by atoms with Gasteiger partial charge in [0.15, 0.2) is 0 Å². The highest BCUT2D eigenvalue weighted by molar-refractivity contribution is 6.35. The molecule has 1 amide bonds. The van der Waals surface area contributed by atoms with E-state index in [1.54, 1.807) is 0 Å². The fraction of sp³-hybridized carbons (Fsp3) is 0.0800. The molecule has 5 rings (SSSR count). The van der Waals surface area contributed by atoms with Gasteiger partial charge < -0.3 is 14.6 Å². The zero-order valence-electron chi connectivity index (χ0n) is 16.1. The van der Waals surface area contributed by atoms with E-state index in [1.165, 1.54) is 0 Å². The zero-order chi connectivity index (χ0) is 20.5. The molecule has 0 unspecified atom stereocenters. The third-order valence-electron chi connectivity index (χ3n) is 5.24. The number of nitrogens with zero attached hydrogens (tertiary/aromatic N) is 1. The summed E-state index contributed by atoms with van der Waals surface area (Å²) in [7, 11) is 0. The molecule has 1 aliphatic heterocycles. The molecule has 4 nitrogen and oxygen atoms in total. The SMILES string of the molecule is O=C1Nc2ccccc2/C1=C\c1cn(CCOc2ccc(Cl)cc2)c2ccccc12. The van der Waals surface area contributed by atoms with Crippen LogP contribution in [0.3, 0.4) is 0 Å². The number of hydrogen-bond acceptors (Lipinski definition) is 2. The number of rotatable bonds is 5. The number of nitrogens with one attached hydrogen (secondary N) is 1. The number of para-hydroxylation sites is 2. The van der Waals surface area contributed by atoms with Gasteiger partial charge >= 0.3 is 0 Å². The second-order valence-electron chi connectivity index (χ2n) is 7.16. The highest BCUT2D eigenvalue weighted by atomic mass is 35.5. The van der Waals surface area contributed by atoms with E-state index >= 15 is 0 Å². The van der Waals surface area contributed by atoms with Gasteiger partial charge in [0, 0.05) is 44.5 Å². The van der Waals surface area contributed by atoms with E-state index in [0.29, 0.717) is 23.7 Å².